The van der Waals surface area contributed by atoms with Crippen molar-refractivity contribution in [2.75, 3.05) is 46.1 Å². The molecule has 106 valence electrons. The molecule has 0 amide bonds. The Bertz CT molecular complexity index is 349. The first-order valence-electron chi connectivity index (χ1n) is 6.25. The standard InChI is InChI=1S/C13H20N2O4/c1-3-8-17-10-11-18-9-7-15-6-5-12(14-15)13(16)19-4-2/h1,5,14H,4,6-11H2,2H3. The summed E-state index contributed by atoms with van der Waals surface area (Å²) in [6, 6.07) is 0. The summed E-state index contributed by atoms with van der Waals surface area (Å²) in [5, 5.41) is 1.88. The Morgan fingerprint density at radius 3 is 3.00 bits per heavy atom. The third-order valence-corrected chi connectivity index (χ3v) is 2.35. The monoisotopic (exact) mass is 268 g/mol. The van der Waals surface area contributed by atoms with Crippen molar-refractivity contribution in [2.45, 2.75) is 6.92 Å². The first-order chi connectivity index (χ1) is 9.27. The van der Waals surface area contributed by atoms with Gasteiger partial charge in [0.1, 0.15) is 12.3 Å². The summed E-state index contributed by atoms with van der Waals surface area (Å²) in [4.78, 5) is 11.4. The van der Waals surface area contributed by atoms with E-state index in [1.54, 1.807) is 13.0 Å². The molecule has 1 heterocycles. The second kappa shape index (κ2) is 9.39. The number of nitrogens with zero attached hydrogens (tertiary/aromatic N) is 1. The Morgan fingerprint density at radius 1 is 1.47 bits per heavy atom. The average Bonchev–Trinajstić information content (AvgIpc) is 2.87. The SMILES string of the molecule is C#CCOCCOCCN1CC=C(C(=O)OCC)N1. The second-order valence-corrected chi connectivity index (χ2v) is 3.77. The van der Waals surface area contributed by atoms with E-state index in [-0.39, 0.29) is 5.97 Å². The summed E-state index contributed by atoms with van der Waals surface area (Å²) in [5.74, 6) is 2.06. The Kier molecular flexibility index (Phi) is 7.66. The van der Waals surface area contributed by atoms with Crippen molar-refractivity contribution in [1.29, 1.82) is 0 Å². The third-order valence-electron chi connectivity index (χ3n) is 2.35. The summed E-state index contributed by atoms with van der Waals surface area (Å²) in [6.07, 6.45) is 6.84. The van der Waals surface area contributed by atoms with Crippen LogP contribution in [0, 0.1) is 12.3 Å². The lowest BCUT2D eigenvalue weighted by Gasteiger charge is -2.17. The van der Waals surface area contributed by atoms with E-state index in [9.17, 15) is 4.79 Å². The van der Waals surface area contributed by atoms with Crippen LogP contribution in [0.25, 0.3) is 0 Å². The molecule has 6 nitrogen and oxygen atoms in total. The molecule has 0 unspecified atom stereocenters. The number of terminal acetylenes is 1. The Labute approximate surface area is 113 Å². The van der Waals surface area contributed by atoms with Crippen LogP contribution in [-0.4, -0.2) is 57.1 Å². The van der Waals surface area contributed by atoms with Crippen molar-refractivity contribution in [3.05, 3.63) is 11.8 Å². The summed E-state index contributed by atoms with van der Waals surface area (Å²) in [5.41, 5.74) is 3.45. The van der Waals surface area contributed by atoms with Crippen LogP contribution in [0.1, 0.15) is 6.92 Å². The molecule has 0 fully saturated rings. The summed E-state index contributed by atoms with van der Waals surface area (Å²) < 4.78 is 15.3. The van der Waals surface area contributed by atoms with E-state index in [1.165, 1.54) is 0 Å². The molecule has 0 saturated heterocycles. The van der Waals surface area contributed by atoms with E-state index in [2.05, 4.69) is 11.3 Å². The van der Waals surface area contributed by atoms with E-state index in [4.69, 9.17) is 20.6 Å². The van der Waals surface area contributed by atoms with Crippen molar-refractivity contribution >= 4 is 5.97 Å². The van der Waals surface area contributed by atoms with E-state index in [0.717, 1.165) is 0 Å². The van der Waals surface area contributed by atoms with Gasteiger partial charge in [-0.25, -0.2) is 9.80 Å². The van der Waals surface area contributed by atoms with Gasteiger partial charge in [-0.15, -0.1) is 6.42 Å². The van der Waals surface area contributed by atoms with Gasteiger partial charge in [0.15, 0.2) is 0 Å². The lowest BCUT2D eigenvalue weighted by atomic mass is 10.4. The second-order valence-electron chi connectivity index (χ2n) is 3.77. The molecule has 1 aliphatic heterocycles. The number of hydrogen-bond acceptors (Lipinski definition) is 6. The molecular weight excluding hydrogens is 248 g/mol. The van der Waals surface area contributed by atoms with Crippen molar-refractivity contribution < 1.29 is 19.0 Å². The maximum absolute atomic E-state index is 11.4. The van der Waals surface area contributed by atoms with Crippen LogP contribution in [0.5, 0.6) is 0 Å². The number of rotatable bonds is 9. The molecular formula is C13H20N2O4. The largest absolute Gasteiger partial charge is 0.461 e. The minimum atomic E-state index is -0.325. The van der Waals surface area contributed by atoms with Crippen LogP contribution < -0.4 is 5.43 Å². The molecule has 0 saturated carbocycles. The molecule has 1 aliphatic rings. The van der Waals surface area contributed by atoms with Gasteiger partial charge in [-0.3, -0.25) is 0 Å². The van der Waals surface area contributed by atoms with Crippen molar-refractivity contribution in [1.82, 2.24) is 10.4 Å². The normalized spacial score (nSPS) is 14.6. The van der Waals surface area contributed by atoms with E-state index < -0.39 is 0 Å². The van der Waals surface area contributed by atoms with Crippen LogP contribution in [0.15, 0.2) is 11.8 Å². The lowest BCUT2D eigenvalue weighted by Crippen LogP contribution is -2.37. The number of ether oxygens (including phenoxy) is 3. The number of nitrogens with one attached hydrogen (secondary N) is 1. The zero-order chi connectivity index (χ0) is 13.9. The molecule has 1 rings (SSSR count). The van der Waals surface area contributed by atoms with Gasteiger partial charge in [0, 0.05) is 13.1 Å². The Hall–Kier alpha value is -1.55. The fraction of sp³-hybridized carbons (Fsp3) is 0.615. The maximum Gasteiger partial charge on any atom is 0.355 e. The summed E-state index contributed by atoms with van der Waals surface area (Å²) in [6.45, 7) is 5.34. The van der Waals surface area contributed by atoms with E-state index in [0.29, 0.717) is 51.8 Å². The Balaban J connectivity index is 2.02. The predicted octanol–water partition coefficient (Wildman–Crippen LogP) is -0.0800. The van der Waals surface area contributed by atoms with Crippen LogP contribution in [0.3, 0.4) is 0 Å². The molecule has 0 atom stereocenters. The topological polar surface area (TPSA) is 60.0 Å². The average molecular weight is 268 g/mol. The minimum absolute atomic E-state index is 0.309. The highest BCUT2D eigenvalue weighted by Gasteiger charge is 2.19. The van der Waals surface area contributed by atoms with Crippen molar-refractivity contribution in [3.63, 3.8) is 0 Å². The highest BCUT2D eigenvalue weighted by Crippen LogP contribution is 2.04. The summed E-state index contributed by atoms with van der Waals surface area (Å²) >= 11 is 0. The van der Waals surface area contributed by atoms with E-state index >= 15 is 0 Å². The zero-order valence-corrected chi connectivity index (χ0v) is 11.2. The van der Waals surface area contributed by atoms with Gasteiger partial charge in [-0.1, -0.05) is 5.92 Å². The van der Waals surface area contributed by atoms with Crippen LogP contribution >= 0.6 is 0 Å². The molecule has 1 N–H and O–H groups in total. The molecule has 0 aliphatic carbocycles. The molecule has 19 heavy (non-hydrogen) atoms. The molecule has 0 aromatic carbocycles. The molecule has 0 aromatic rings. The molecule has 0 bridgehead atoms. The van der Waals surface area contributed by atoms with Gasteiger partial charge in [-0.05, 0) is 13.0 Å². The number of carbonyl (C=O) groups excluding carboxylic acids is 1. The first kappa shape index (κ1) is 15.5. The van der Waals surface area contributed by atoms with E-state index in [1.807, 2.05) is 5.01 Å². The van der Waals surface area contributed by atoms with Crippen LogP contribution in [0.2, 0.25) is 0 Å². The highest BCUT2D eigenvalue weighted by atomic mass is 16.5. The van der Waals surface area contributed by atoms with Gasteiger partial charge in [0.05, 0.1) is 26.4 Å². The predicted molar refractivity (Wildman–Crippen MR) is 69.9 cm³/mol. The number of hydrazine groups is 1. The third kappa shape index (κ3) is 6.25. The van der Waals surface area contributed by atoms with Gasteiger partial charge >= 0.3 is 5.97 Å². The molecule has 6 heteroatoms. The summed E-state index contributed by atoms with van der Waals surface area (Å²) in [7, 11) is 0. The first-order valence-corrected chi connectivity index (χ1v) is 6.25. The number of esters is 1. The van der Waals surface area contributed by atoms with Gasteiger partial charge < -0.3 is 19.6 Å². The van der Waals surface area contributed by atoms with Gasteiger partial charge in [-0.2, -0.15) is 0 Å². The van der Waals surface area contributed by atoms with Gasteiger partial charge in [0.25, 0.3) is 0 Å². The molecule has 0 spiro atoms. The van der Waals surface area contributed by atoms with Crippen molar-refractivity contribution in [2.24, 2.45) is 0 Å². The maximum atomic E-state index is 11.4. The lowest BCUT2D eigenvalue weighted by molar-refractivity contribution is -0.139. The Morgan fingerprint density at radius 2 is 2.26 bits per heavy atom. The van der Waals surface area contributed by atoms with Crippen LogP contribution in [0.4, 0.5) is 0 Å². The quantitative estimate of drug-likeness (QED) is 0.358. The fourth-order valence-corrected chi connectivity index (χ4v) is 1.47. The van der Waals surface area contributed by atoms with Crippen LogP contribution in [-0.2, 0) is 19.0 Å². The highest BCUT2D eigenvalue weighted by molar-refractivity contribution is 5.88. The van der Waals surface area contributed by atoms with Crippen molar-refractivity contribution in [3.8, 4) is 12.3 Å². The smallest absolute Gasteiger partial charge is 0.355 e. The minimum Gasteiger partial charge on any atom is -0.461 e. The zero-order valence-electron chi connectivity index (χ0n) is 11.2. The molecule has 0 radical (unpaired) electrons. The number of carbonyl (C=O) groups is 1. The molecule has 0 aromatic heterocycles. The number of hydrogen-bond donors (Lipinski definition) is 1. The van der Waals surface area contributed by atoms with Gasteiger partial charge in [0.2, 0.25) is 0 Å². The fourth-order valence-electron chi connectivity index (χ4n) is 1.47.